The maximum absolute atomic E-state index is 5.16. The second kappa shape index (κ2) is 3.70. The first kappa shape index (κ1) is 9.23. The molecule has 0 saturated carbocycles. The lowest BCUT2D eigenvalue weighted by molar-refractivity contribution is 0.362. The van der Waals surface area contributed by atoms with Crippen molar-refractivity contribution in [2.24, 2.45) is 15.9 Å². The van der Waals surface area contributed by atoms with Crippen LogP contribution in [0, 0.1) is 5.92 Å². The van der Waals surface area contributed by atoms with Crippen molar-refractivity contribution < 1.29 is 4.74 Å². The van der Waals surface area contributed by atoms with Gasteiger partial charge in [0.2, 0.25) is 5.90 Å². The lowest BCUT2D eigenvalue weighted by atomic mass is 10.0. The third kappa shape index (κ3) is 1.84. The van der Waals surface area contributed by atoms with Crippen LogP contribution in [-0.2, 0) is 4.74 Å². The number of aliphatic imine (C=N–C) groups is 2. The minimum absolute atomic E-state index is 0.128. The summed E-state index contributed by atoms with van der Waals surface area (Å²) < 4.78 is 5.16. The number of rotatable bonds is 1. The lowest BCUT2D eigenvalue weighted by Crippen LogP contribution is -2.31. The van der Waals surface area contributed by atoms with Crippen molar-refractivity contribution in [2.45, 2.75) is 26.8 Å². The van der Waals surface area contributed by atoms with Crippen LogP contribution >= 0.6 is 0 Å². The van der Waals surface area contributed by atoms with Crippen molar-refractivity contribution in [1.82, 2.24) is 0 Å². The Morgan fingerprint density at radius 1 is 1.50 bits per heavy atom. The Bertz CT molecular complexity index is 219. The van der Waals surface area contributed by atoms with Crippen LogP contribution in [0.25, 0.3) is 0 Å². The van der Waals surface area contributed by atoms with Crippen LogP contribution in [0.1, 0.15) is 20.8 Å². The summed E-state index contributed by atoms with van der Waals surface area (Å²) in [4.78, 5) is 8.79. The Kier molecular flexibility index (Phi) is 2.84. The van der Waals surface area contributed by atoms with Gasteiger partial charge >= 0.3 is 0 Å². The van der Waals surface area contributed by atoms with Crippen LogP contribution < -0.4 is 0 Å². The quantitative estimate of drug-likeness (QED) is 0.584. The molecule has 0 N–H and O–H groups in total. The molecule has 68 valence electrons. The summed E-state index contributed by atoms with van der Waals surface area (Å²) in [6, 6.07) is 0.128. The molecule has 0 radical (unpaired) electrons. The zero-order chi connectivity index (χ0) is 9.14. The fourth-order valence-electron chi connectivity index (χ4n) is 1.24. The van der Waals surface area contributed by atoms with Crippen LogP contribution in [-0.4, -0.2) is 31.3 Å². The van der Waals surface area contributed by atoms with E-state index in [9.17, 15) is 0 Å². The Hall–Kier alpha value is -0.860. The second-order valence-corrected chi connectivity index (χ2v) is 3.41. The molecule has 0 saturated heterocycles. The average Bonchev–Trinajstić information content (AvgIpc) is 2.04. The van der Waals surface area contributed by atoms with Crippen molar-refractivity contribution >= 4 is 11.6 Å². The van der Waals surface area contributed by atoms with Gasteiger partial charge in [-0.3, -0.25) is 4.99 Å². The number of ether oxygens (including phenoxy) is 1. The van der Waals surface area contributed by atoms with E-state index in [1.54, 1.807) is 7.11 Å². The van der Waals surface area contributed by atoms with Crippen molar-refractivity contribution in [3.63, 3.8) is 0 Å². The van der Waals surface area contributed by atoms with Gasteiger partial charge in [0.25, 0.3) is 0 Å². The Balaban J connectivity index is 2.77. The molecule has 1 rings (SSSR count). The summed E-state index contributed by atoms with van der Waals surface area (Å²) in [5.74, 6) is 1.23. The van der Waals surface area contributed by atoms with Crippen LogP contribution in [0.2, 0.25) is 0 Å². The van der Waals surface area contributed by atoms with Crippen molar-refractivity contribution in [1.29, 1.82) is 0 Å². The SMILES string of the molecule is COC1=NCC(C)=NC1C(C)C. The molecule has 0 amide bonds. The van der Waals surface area contributed by atoms with Gasteiger partial charge in [-0.15, -0.1) is 0 Å². The molecule has 1 aliphatic rings. The van der Waals surface area contributed by atoms with E-state index in [-0.39, 0.29) is 6.04 Å². The van der Waals surface area contributed by atoms with Gasteiger partial charge in [0.1, 0.15) is 6.04 Å². The molecule has 0 bridgehead atoms. The predicted octanol–water partition coefficient (Wildman–Crippen LogP) is 1.53. The average molecular weight is 168 g/mol. The Morgan fingerprint density at radius 2 is 2.17 bits per heavy atom. The second-order valence-electron chi connectivity index (χ2n) is 3.41. The molecule has 1 atom stereocenters. The van der Waals surface area contributed by atoms with E-state index >= 15 is 0 Å². The summed E-state index contributed by atoms with van der Waals surface area (Å²) in [5.41, 5.74) is 1.09. The highest BCUT2D eigenvalue weighted by Crippen LogP contribution is 2.13. The maximum Gasteiger partial charge on any atom is 0.209 e. The molecule has 1 heterocycles. The third-order valence-electron chi connectivity index (χ3n) is 1.92. The van der Waals surface area contributed by atoms with Gasteiger partial charge in [-0.1, -0.05) is 13.8 Å². The molecule has 0 spiro atoms. The molecule has 0 aromatic rings. The molecule has 0 aliphatic carbocycles. The first-order chi connectivity index (χ1) is 5.65. The number of methoxy groups -OCH3 is 1. The van der Waals surface area contributed by atoms with Crippen molar-refractivity contribution in [2.75, 3.05) is 13.7 Å². The zero-order valence-electron chi connectivity index (χ0n) is 8.16. The van der Waals surface area contributed by atoms with Crippen LogP contribution in [0.3, 0.4) is 0 Å². The van der Waals surface area contributed by atoms with Gasteiger partial charge in [0.05, 0.1) is 13.7 Å². The van der Waals surface area contributed by atoms with Gasteiger partial charge in [-0.05, 0) is 12.8 Å². The van der Waals surface area contributed by atoms with Crippen LogP contribution in [0.5, 0.6) is 0 Å². The highest BCUT2D eigenvalue weighted by Gasteiger charge is 2.22. The van der Waals surface area contributed by atoms with E-state index in [4.69, 9.17) is 4.74 Å². The molecule has 3 heteroatoms. The Morgan fingerprint density at radius 3 is 2.67 bits per heavy atom. The summed E-state index contributed by atoms with van der Waals surface area (Å²) in [6.45, 7) is 6.94. The minimum atomic E-state index is 0.128. The van der Waals surface area contributed by atoms with E-state index in [0.29, 0.717) is 12.5 Å². The van der Waals surface area contributed by atoms with Gasteiger partial charge in [0, 0.05) is 5.71 Å². The third-order valence-corrected chi connectivity index (χ3v) is 1.92. The molecule has 12 heavy (non-hydrogen) atoms. The fourth-order valence-corrected chi connectivity index (χ4v) is 1.24. The monoisotopic (exact) mass is 168 g/mol. The highest BCUT2D eigenvalue weighted by atomic mass is 16.5. The lowest BCUT2D eigenvalue weighted by Gasteiger charge is -2.21. The smallest absolute Gasteiger partial charge is 0.209 e. The molecule has 0 fully saturated rings. The van der Waals surface area contributed by atoms with E-state index in [2.05, 4.69) is 23.8 Å². The first-order valence-corrected chi connectivity index (χ1v) is 4.26. The molecule has 0 aromatic heterocycles. The molecule has 1 aliphatic heterocycles. The van der Waals surface area contributed by atoms with Gasteiger partial charge in [0.15, 0.2) is 0 Å². The van der Waals surface area contributed by atoms with Crippen LogP contribution in [0.15, 0.2) is 9.98 Å². The first-order valence-electron chi connectivity index (χ1n) is 4.26. The van der Waals surface area contributed by atoms with E-state index < -0.39 is 0 Å². The summed E-state index contributed by atoms with van der Waals surface area (Å²) >= 11 is 0. The summed E-state index contributed by atoms with van der Waals surface area (Å²) in [5, 5.41) is 0. The van der Waals surface area contributed by atoms with Gasteiger partial charge in [-0.2, -0.15) is 0 Å². The van der Waals surface area contributed by atoms with E-state index in [1.807, 2.05) is 6.92 Å². The topological polar surface area (TPSA) is 34.0 Å². The zero-order valence-corrected chi connectivity index (χ0v) is 8.16. The number of hydrogen-bond donors (Lipinski definition) is 0. The predicted molar refractivity (Wildman–Crippen MR) is 51.0 cm³/mol. The summed E-state index contributed by atoms with van der Waals surface area (Å²) in [6.07, 6.45) is 0. The van der Waals surface area contributed by atoms with E-state index in [1.165, 1.54) is 0 Å². The molecular formula is C9H16N2O. The highest BCUT2D eigenvalue weighted by molar-refractivity contribution is 5.94. The summed E-state index contributed by atoms with van der Waals surface area (Å²) in [7, 11) is 1.66. The molecule has 1 unspecified atom stereocenters. The minimum Gasteiger partial charge on any atom is -0.483 e. The number of nitrogens with zero attached hydrogens (tertiary/aromatic N) is 2. The largest absolute Gasteiger partial charge is 0.483 e. The number of hydrogen-bond acceptors (Lipinski definition) is 3. The maximum atomic E-state index is 5.16. The van der Waals surface area contributed by atoms with Gasteiger partial charge < -0.3 is 4.74 Å². The normalized spacial score (nSPS) is 23.6. The molecular weight excluding hydrogens is 152 g/mol. The van der Waals surface area contributed by atoms with Crippen molar-refractivity contribution in [3.8, 4) is 0 Å². The molecule has 3 nitrogen and oxygen atoms in total. The van der Waals surface area contributed by atoms with Crippen LogP contribution in [0.4, 0.5) is 0 Å². The van der Waals surface area contributed by atoms with Gasteiger partial charge in [-0.25, -0.2) is 4.99 Å². The van der Waals surface area contributed by atoms with Crippen molar-refractivity contribution in [3.05, 3.63) is 0 Å². The van der Waals surface area contributed by atoms with E-state index in [0.717, 1.165) is 11.6 Å². The molecule has 0 aromatic carbocycles. The fraction of sp³-hybridized carbons (Fsp3) is 0.778. The Labute approximate surface area is 73.6 Å². The standard InChI is InChI=1S/C9H16N2O/c1-6(2)8-9(12-4)10-5-7(3)11-8/h6,8H,5H2,1-4H3.